The van der Waals surface area contributed by atoms with Crippen LogP contribution in [0, 0.1) is 0 Å². The van der Waals surface area contributed by atoms with Crippen LogP contribution in [0.25, 0.3) is 0 Å². The SMILES string of the molecule is CC(C)(C)OC(=O)N1CCCC(c2cc(C=O)cs2)C1. The van der Waals surface area contributed by atoms with E-state index in [2.05, 4.69) is 0 Å². The first-order valence-corrected chi connectivity index (χ1v) is 7.78. The van der Waals surface area contributed by atoms with Crippen molar-refractivity contribution >= 4 is 23.7 Å². The van der Waals surface area contributed by atoms with Crippen molar-refractivity contribution in [2.75, 3.05) is 13.1 Å². The smallest absolute Gasteiger partial charge is 0.410 e. The number of likely N-dealkylation sites (tertiary alicyclic amines) is 1. The van der Waals surface area contributed by atoms with Crippen LogP contribution in [-0.4, -0.2) is 36.0 Å². The minimum Gasteiger partial charge on any atom is -0.444 e. The highest BCUT2D eigenvalue weighted by Crippen LogP contribution is 2.31. The number of thiophene rings is 1. The van der Waals surface area contributed by atoms with E-state index in [9.17, 15) is 9.59 Å². The van der Waals surface area contributed by atoms with E-state index in [0.717, 1.165) is 31.2 Å². The van der Waals surface area contributed by atoms with Gasteiger partial charge in [-0.2, -0.15) is 0 Å². The average Bonchev–Trinajstić information content (AvgIpc) is 2.85. The molecule has 1 aliphatic heterocycles. The van der Waals surface area contributed by atoms with Gasteiger partial charge >= 0.3 is 6.09 Å². The van der Waals surface area contributed by atoms with Crippen LogP contribution < -0.4 is 0 Å². The molecule has 0 bridgehead atoms. The Labute approximate surface area is 123 Å². The van der Waals surface area contributed by atoms with E-state index in [1.165, 1.54) is 4.88 Å². The molecule has 1 aliphatic rings. The third-order valence-corrected chi connectivity index (χ3v) is 4.36. The molecule has 0 saturated carbocycles. The number of carbonyl (C=O) groups is 2. The summed E-state index contributed by atoms with van der Waals surface area (Å²) >= 11 is 1.60. The lowest BCUT2D eigenvalue weighted by Crippen LogP contribution is -2.42. The van der Waals surface area contributed by atoms with Crippen LogP contribution in [0.5, 0.6) is 0 Å². The van der Waals surface area contributed by atoms with Crippen LogP contribution in [0.2, 0.25) is 0 Å². The number of carbonyl (C=O) groups excluding carboxylic acids is 2. The minimum absolute atomic E-state index is 0.241. The highest BCUT2D eigenvalue weighted by atomic mass is 32.1. The van der Waals surface area contributed by atoms with Crippen molar-refractivity contribution in [3.63, 3.8) is 0 Å². The number of aldehydes is 1. The van der Waals surface area contributed by atoms with Gasteiger partial charge in [-0.05, 0) is 39.7 Å². The van der Waals surface area contributed by atoms with Crippen molar-refractivity contribution < 1.29 is 14.3 Å². The molecule has 0 spiro atoms. The summed E-state index contributed by atoms with van der Waals surface area (Å²) in [5, 5.41) is 1.87. The second-order valence-electron chi connectivity index (χ2n) is 6.17. The van der Waals surface area contributed by atoms with Gasteiger partial charge in [0.1, 0.15) is 5.60 Å². The van der Waals surface area contributed by atoms with Crippen molar-refractivity contribution in [2.24, 2.45) is 0 Å². The molecule has 1 aromatic rings. The quantitative estimate of drug-likeness (QED) is 0.782. The number of hydrogen-bond acceptors (Lipinski definition) is 4. The zero-order valence-electron chi connectivity index (χ0n) is 12.2. The molecule has 20 heavy (non-hydrogen) atoms. The van der Waals surface area contributed by atoms with E-state index in [1.807, 2.05) is 32.2 Å². The van der Waals surface area contributed by atoms with Crippen LogP contribution in [-0.2, 0) is 4.74 Å². The number of piperidine rings is 1. The lowest BCUT2D eigenvalue weighted by atomic mass is 9.96. The largest absolute Gasteiger partial charge is 0.444 e. The first kappa shape index (κ1) is 15.0. The molecule has 0 aromatic carbocycles. The van der Waals surface area contributed by atoms with Gasteiger partial charge in [0, 0.05) is 34.8 Å². The molecule has 110 valence electrons. The summed E-state index contributed by atoms with van der Waals surface area (Å²) in [4.78, 5) is 25.8. The fourth-order valence-corrected chi connectivity index (χ4v) is 3.33. The summed E-state index contributed by atoms with van der Waals surface area (Å²) in [7, 11) is 0. The van der Waals surface area contributed by atoms with Gasteiger partial charge in [0.15, 0.2) is 6.29 Å². The molecule has 1 amide bonds. The van der Waals surface area contributed by atoms with Crippen LogP contribution in [0.1, 0.15) is 54.8 Å². The Balaban J connectivity index is 2.01. The molecule has 0 radical (unpaired) electrons. The van der Waals surface area contributed by atoms with Crippen LogP contribution in [0.15, 0.2) is 11.4 Å². The molecule has 1 saturated heterocycles. The molecular weight excluding hydrogens is 274 g/mol. The van der Waals surface area contributed by atoms with Crippen molar-refractivity contribution in [3.8, 4) is 0 Å². The van der Waals surface area contributed by atoms with E-state index >= 15 is 0 Å². The first-order valence-electron chi connectivity index (χ1n) is 6.90. The Kier molecular flexibility index (Phi) is 4.48. The summed E-state index contributed by atoms with van der Waals surface area (Å²) < 4.78 is 5.42. The van der Waals surface area contributed by atoms with Gasteiger partial charge in [-0.15, -0.1) is 11.3 Å². The van der Waals surface area contributed by atoms with E-state index in [0.29, 0.717) is 12.5 Å². The van der Waals surface area contributed by atoms with Crippen molar-refractivity contribution in [3.05, 3.63) is 21.9 Å². The van der Waals surface area contributed by atoms with Crippen LogP contribution in [0.4, 0.5) is 4.79 Å². The predicted octanol–water partition coefficient (Wildman–Crippen LogP) is 3.68. The summed E-state index contributed by atoms with van der Waals surface area (Å²) in [5.41, 5.74) is 0.261. The number of nitrogens with zero attached hydrogens (tertiary/aromatic N) is 1. The zero-order chi connectivity index (χ0) is 14.8. The van der Waals surface area contributed by atoms with Gasteiger partial charge in [0.25, 0.3) is 0 Å². The van der Waals surface area contributed by atoms with Gasteiger partial charge in [-0.3, -0.25) is 4.79 Å². The van der Waals surface area contributed by atoms with Crippen LogP contribution >= 0.6 is 11.3 Å². The molecule has 1 aromatic heterocycles. The minimum atomic E-state index is -0.461. The molecule has 4 nitrogen and oxygen atoms in total. The lowest BCUT2D eigenvalue weighted by Gasteiger charge is -2.33. The summed E-state index contributed by atoms with van der Waals surface area (Å²) in [5.74, 6) is 0.315. The van der Waals surface area contributed by atoms with E-state index in [-0.39, 0.29) is 6.09 Å². The van der Waals surface area contributed by atoms with Gasteiger partial charge in [0.05, 0.1) is 0 Å². The van der Waals surface area contributed by atoms with Gasteiger partial charge in [-0.1, -0.05) is 0 Å². The number of ether oxygens (including phenoxy) is 1. The monoisotopic (exact) mass is 295 g/mol. The Morgan fingerprint density at radius 2 is 2.25 bits per heavy atom. The van der Waals surface area contributed by atoms with Gasteiger partial charge in [-0.25, -0.2) is 4.79 Å². The highest BCUT2D eigenvalue weighted by Gasteiger charge is 2.28. The molecule has 2 rings (SSSR count). The Bertz CT molecular complexity index is 490. The van der Waals surface area contributed by atoms with Crippen molar-refractivity contribution in [1.29, 1.82) is 0 Å². The standard InChI is InChI=1S/C15H21NO3S/c1-15(2,3)19-14(18)16-6-4-5-12(8-16)13-7-11(9-17)10-20-13/h7,9-10,12H,4-6,8H2,1-3H3. The normalized spacial score (nSPS) is 19.8. The molecule has 1 atom stereocenters. The highest BCUT2D eigenvalue weighted by molar-refractivity contribution is 7.10. The third kappa shape index (κ3) is 3.82. The second kappa shape index (κ2) is 5.95. The topological polar surface area (TPSA) is 46.6 Å². The van der Waals surface area contributed by atoms with E-state index < -0.39 is 5.60 Å². The average molecular weight is 295 g/mol. The fourth-order valence-electron chi connectivity index (χ4n) is 2.35. The lowest BCUT2D eigenvalue weighted by molar-refractivity contribution is 0.0199. The molecule has 0 N–H and O–H groups in total. The van der Waals surface area contributed by atoms with Crippen molar-refractivity contribution in [1.82, 2.24) is 4.90 Å². The first-order chi connectivity index (χ1) is 9.39. The second-order valence-corrected chi connectivity index (χ2v) is 7.11. The number of hydrogen-bond donors (Lipinski definition) is 0. The maximum absolute atomic E-state index is 12.1. The van der Waals surface area contributed by atoms with E-state index in [4.69, 9.17) is 4.74 Å². The molecule has 1 unspecified atom stereocenters. The summed E-state index contributed by atoms with van der Waals surface area (Å²) in [6.07, 6.45) is 2.65. The Hall–Kier alpha value is -1.36. The fraction of sp³-hybridized carbons (Fsp3) is 0.600. The zero-order valence-corrected chi connectivity index (χ0v) is 13.0. The molecule has 1 fully saturated rings. The predicted molar refractivity (Wildman–Crippen MR) is 79.5 cm³/mol. The Morgan fingerprint density at radius 3 is 2.85 bits per heavy atom. The summed E-state index contributed by atoms with van der Waals surface area (Å²) in [6.45, 7) is 7.05. The molecule has 5 heteroatoms. The maximum Gasteiger partial charge on any atom is 0.410 e. The van der Waals surface area contributed by atoms with Gasteiger partial charge < -0.3 is 9.64 Å². The maximum atomic E-state index is 12.1. The third-order valence-electron chi connectivity index (χ3n) is 3.25. The molecule has 0 aliphatic carbocycles. The number of rotatable bonds is 2. The Morgan fingerprint density at radius 1 is 1.50 bits per heavy atom. The van der Waals surface area contributed by atoms with Crippen molar-refractivity contribution in [2.45, 2.75) is 45.1 Å². The molecule has 2 heterocycles. The van der Waals surface area contributed by atoms with Gasteiger partial charge in [0.2, 0.25) is 0 Å². The number of amides is 1. The summed E-state index contributed by atoms with van der Waals surface area (Å²) in [6, 6.07) is 1.93. The molecular formula is C15H21NO3S. The van der Waals surface area contributed by atoms with E-state index in [1.54, 1.807) is 16.2 Å². The van der Waals surface area contributed by atoms with Crippen LogP contribution in [0.3, 0.4) is 0 Å².